The molecule has 0 unspecified atom stereocenters. The molecule has 2 aliphatic rings. The lowest BCUT2D eigenvalue weighted by molar-refractivity contribution is 0.0986. The normalized spacial score (nSPS) is 23.0. The van der Waals surface area contributed by atoms with Gasteiger partial charge >= 0.3 is 0 Å². The van der Waals surface area contributed by atoms with Crippen LogP contribution in [0, 0.1) is 5.92 Å². The standard InChI is InChI=1S/C14H18ClN5O/c1-9-7-21-5-4-19(9)12-11-13(17-8-16-12)20(14(15)18-11)6-10-2-3-10/h8-10H,2-7H2,1H3/t9-/m0/s1. The second-order valence-corrected chi connectivity index (χ2v) is 6.26. The first-order valence-corrected chi connectivity index (χ1v) is 7.83. The van der Waals surface area contributed by atoms with E-state index in [0.717, 1.165) is 36.0 Å². The molecule has 4 rings (SSSR count). The van der Waals surface area contributed by atoms with Gasteiger partial charge in [0.25, 0.3) is 0 Å². The smallest absolute Gasteiger partial charge is 0.205 e. The predicted molar refractivity (Wildman–Crippen MR) is 80.7 cm³/mol. The van der Waals surface area contributed by atoms with Crippen molar-refractivity contribution in [3.63, 3.8) is 0 Å². The van der Waals surface area contributed by atoms with Gasteiger partial charge in [0.1, 0.15) is 6.33 Å². The summed E-state index contributed by atoms with van der Waals surface area (Å²) in [6, 6.07) is 0.282. The van der Waals surface area contributed by atoms with Gasteiger partial charge in [-0.15, -0.1) is 0 Å². The minimum atomic E-state index is 0.282. The fourth-order valence-corrected chi connectivity index (χ4v) is 3.10. The van der Waals surface area contributed by atoms with Gasteiger partial charge in [0.15, 0.2) is 17.0 Å². The lowest BCUT2D eigenvalue weighted by atomic mass is 10.2. The third kappa shape index (κ3) is 2.36. The molecule has 2 aromatic heterocycles. The molecule has 0 radical (unpaired) electrons. The second-order valence-electron chi connectivity index (χ2n) is 5.92. The van der Waals surface area contributed by atoms with E-state index in [9.17, 15) is 0 Å². The molecule has 7 heteroatoms. The first kappa shape index (κ1) is 13.3. The molecular formula is C14H18ClN5O. The summed E-state index contributed by atoms with van der Waals surface area (Å²) in [5.41, 5.74) is 1.65. The Balaban J connectivity index is 1.78. The van der Waals surface area contributed by atoms with E-state index in [-0.39, 0.29) is 6.04 Å². The summed E-state index contributed by atoms with van der Waals surface area (Å²) >= 11 is 6.33. The zero-order valence-electron chi connectivity index (χ0n) is 12.0. The summed E-state index contributed by atoms with van der Waals surface area (Å²) in [6.07, 6.45) is 4.16. The van der Waals surface area contributed by atoms with Crippen LogP contribution in [0.1, 0.15) is 19.8 Å². The Morgan fingerprint density at radius 1 is 1.38 bits per heavy atom. The van der Waals surface area contributed by atoms with E-state index in [0.29, 0.717) is 18.5 Å². The molecule has 1 saturated carbocycles. The van der Waals surface area contributed by atoms with Crippen molar-refractivity contribution in [3.8, 4) is 0 Å². The summed E-state index contributed by atoms with van der Waals surface area (Å²) in [7, 11) is 0. The van der Waals surface area contributed by atoms with Gasteiger partial charge in [-0.3, -0.25) is 4.57 Å². The van der Waals surface area contributed by atoms with Crippen molar-refractivity contribution < 1.29 is 4.74 Å². The highest BCUT2D eigenvalue weighted by atomic mass is 35.5. The molecule has 1 aliphatic heterocycles. The molecule has 112 valence electrons. The van der Waals surface area contributed by atoms with Crippen molar-refractivity contribution in [1.82, 2.24) is 19.5 Å². The van der Waals surface area contributed by atoms with Gasteiger partial charge in [0.2, 0.25) is 5.28 Å². The molecule has 6 nitrogen and oxygen atoms in total. The highest BCUT2D eigenvalue weighted by molar-refractivity contribution is 6.29. The van der Waals surface area contributed by atoms with Gasteiger partial charge in [-0.25, -0.2) is 15.0 Å². The quantitative estimate of drug-likeness (QED) is 0.813. The molecule has 2 aromatic rings. The van der Waals surface area contributed by atoms with Gasteiger partial charge in [0, 0.05) is 13.1 Å². The SMILES string of the molecule is C[C@H]1COCCN1c1ncnc2c1nc(Cl)n2CC1CC1. The highest BCUT2D eigenvalue weighted by Gasteiger charge is 2.27. The summed E-state index contributed by atoms with van der Waals surface area (Å²) < 4.78 is 7.52. The second kappa shape index (κ2) is 5.10. The third-order valence-electron chi connectivity index (χ3n) is 4.24. The summed E-state index contributed by atoms with van der Waals surface area (Å²) in [5, 5.41) is 0.513. The van der Waals surface area contributed by atoms with Gasteiger partial charge in [-0.2, -0.15) is 0 Å². The number of ether oxygens (including phenoxy) is 1. The molecular weight excluding hydrogens is 290 g/mol. The van der Waals surface area contributed by atoms with E-state index >= 15 is 0 Å². The van der Waals surface area contributed by atoms with E-state index in [1.165, 1.54) is 12.8 Å². The Kier molecular flexibility index (Phi) is 3.23. The maximum atomic E-state index is 6.33. The zero-order valence-corrected chi connectivity index (χ0v) is 12.8. The molecule has 21 heavy (non-hydrogen) atoms. The van der Waals surface area contributed by atoms with Crippen LogP contribution >= 0.6 is 11.6 Å². The maximum Gasteiger partial charge on any atom is 0.205 e. The number of aromatic nitrogens is 4. The number of halogens is 1. The molecule has 3 heterocycles. The fourth-order valence-electron chi connectivity index (χ4n) is 2.87. The van der Waals surface area contributed by atoms with E-state index in [1.54, 1.807) is 6.33 Å². The maximum absolute atomic E-state index is 6.33. The number of anilines is 1. The molecule has 1 aliphatic carbocycles. The Morgan fingerprint density at radius 2 is 2.24 bits per heavy atom. The van der Waals surface area contributed by atoms with Crippen molar-refractivity contribution >= 4 is 28.6 Å². The largest absolute Gasteiger partial charge is 0.377 e. The van der Waals surface area contributed by atoms with Crippen LogP contribution in [-0.2, 0) is 11.3 Å². The molecule has 0 aromatic carbocycles. The first-order valence-electron chi connectivity index (χ1n) is 7.45. The van der Waals surface area contributed by atoms with E-state index < -0.39 is 0 Å². The monoisotopic (exact) mass is 307 g/mol. The summed E-state index contributed by atoms with van der Waals surface area (Å²) in [5.74, 6) is 1.59. The lowest BCUT2D eigenvalue weighted by Crippen LogP contribution is -2.44. The number of imidazole rings is 1. The predicted octanol–water partition coefficient (Wildman–Crippen LogP) is 2.11. The van der Waals surface area contributed by atoms with Crippen LogP contribution in [0.25, 0.3) is 11.2 Å². The number of fused-ring (bicyclic) bond motifs is 1. The lowest BCUT2D eigenvalue weighted by Gasteiger charge is -2.34. The number of rotatable bonds is 3. The molecule has 0 N–H and O–H groups in total. The van der Waals surface area contributed by atoms with Gasteiger partial charge in [-0.1, -0.05) is 0 Å². The number of nitrogens with zero attached hydrogens (tertiary/aromatic N) is 5. The van der Waals surface area contributed by atoms with E-state index in [2.05, 4.69) is 26.8 Å². The average molecular weight is 308 g/mol. The van der Waals surface area contributed by atoms with Crippen LogP contribution < -0.4 is 4.90 Å². The minimum Gasteiger partial charge on any atom is -0.377 e. The fraction of sp³-hybridized carbons (Fsp3) is 0.643. The molecule has 1 atom stereocenters. The van der Waals surface area contributed by atoms with Gasteiger partial charge in [0.05, 0.1) is 19.3 Å². The number of hydrogen-bond donors (Lipinski definition) is 0. The van der Waals surface area contributed by atoms with E-state index in [1.807, 2.05) is 4.57 Å². The molecule has 0 spiro atoms. The molecule has 0 amide bonds. The Bertz CT molecular complexity index is 669. The number of morpholine rings is 1. The molecule has 2 fully saturated rings. The molecule has 0 bridgehead atoms. The van der Waals surface area contributed by atoms with Crippen molar-refractivity contribution in [2.75, 3.05) is 24.7 Å². The van der Waals surface area contributed by atoms with Crippen LogP contribution in [0.2, 0.25) is 5.28 Å². The topological polar surface area (TPSA) is 56.1 Å². The summed E-state index contributed by atoms with van der Waals surface area (Å²) in [4.78, 5) is 15.6. The van der Waals surface area contributed by atoms with Crippen molar-refractivity contribution in [1.29, 1.82) is 0 Å². The minimum absolute atomic E-state index is 0.282. The Hall–Kier alpha value is -1.40. The van der Waals surface area contributed by atoms with Crippen molar-refractivity contribution in [2.24, 2.45) is 5.92 Å². The zero-order chi connectivity index (χ0) is 14.4. The first-order chi connectivity index (χ1) is 10.2. The summed E-state index contributed by atoms with van der Waals surface area (Å²) in [6.45, 7) is 5.29. The highest BCUT2D eigenvalue weighted by Crippen LogP contribution is 2.34. The van der Waals surface area contributed by atoms with Crippen LogP contribution in [0.4, 0.5) is 5.82 Å². The van der Waals surface area contributed by atoms with Crippen LogP contribution in [0.15, 0.2) is 6.33 Å². The number of hydrogen-bond acceptors (Lipinski definition) is 5. The van der Waals surface area contributed by atoms with Crippen molar-refractivity contribution in [2.45, 2.75) is 32.4 Å². The van der Waals surface area contributed by atoms with Crippen LogP contribution in [0.5, 0.6) is 0 Å². The van der Waals surface area contributed by atoms with Gasteiger partial charge in [-0.05, 0) is 37.3 Å². The Morgan fingerprint density at radius 3 is 3.00 bits per heavy atom. The Labute approximate surface area is 128 Å². The molecule has 1 saturated heterocycles. The van der Waals surface area contributed by atoms with Crippen LogP contribution in [-0.4, -0.2) is 45.3 Å². The third-order valence-corrected chi connectivity index (χ3v) is 4.53. The average Bonchev–Trinajstić information content (AvgIpc) is 3.24. The van der Waals surface area contributed by atoms with Gasteiger partial charge < -0.3 is 9.64 Å². The van der Waals surface area contributed by atoms with Crippen molar-refractivity contribution in [3.05, 3.63) is 11.6 Å². The van der Waals surface area contributed by atoms with Crippen LogP contribution in [0.3, 0.4) is 0 Å². The van der Waals surface area contributed by atoms with E-state index in [4.69, 9.17) is 16.3 Å².